The highest BCUT2D eigenvalue weighted by molar-refractivity contribution is 6.37. The van der Waals surface area contributed by atoms with Gasteiger partial charge in [0, 0.05) is 43.0 Å². The van der Waals surface area contributed by atoms with E-state index in [1.54, 1.807) is 54.3 Å². The van der Waals surface area contributed by atoms with E-state index in [1.807, 2.05) is 6.92 Å². The molecule has 0 radical (unpaired) electrons. The van der Waals surface area contributed by atoms with Crippen LogP contribution in [-0.2, 0) is 59.0 Å². The molecule has 3 aliphatic rings. The number of hydrogen-bond acceptors (Lipinski definition) is 27. The van der Waals surface area contributed by atoms with Gasteiger partial charge in [0.1, 0.15) is 52.0 Å². The topological polar surface area (TPSA) is 342 Å². The molecule has 2 aliphatic heterocycles. The molecule has 1 aliphatic carbocycles. The molecule has 2 unspecified atom stereocenters. The third-order valence-corrected chi connectivity index (χ3v) is 12.9. The van der Waals surface area contributed by atoms with Crippen molar-refractivity contribution in [1.29, 1.82) is 0 Å². The number of hydrogen-bond donors (Lipinski definition) is 6. The van der Waals surface area contributed by atoms with E-state index in [4.69, 9.17) is 102 Å². The summed E-state index contributed by atoms with van der Waals surface area (Å²) in [6, 6.07) is 10.3. The van der Waals surface area contributed by atoms with Gasteiger partial charge >= 0.3 is 18.3 Å². The van der Waals surface area contributed by atoms with Crippen LogP contribution in [0.1, 0.15) is 41.5 Å². The number of ether oxygens (including phenoxy) is 10. The van der Waals surface area contributed by atoms with Crippen LogP contribution in [0.25, 0.3) is 5.57 Å². The molecule has 32 heteroatoms. The number of halogens is 2. The van der Waals surface area contributed by atoms with Gasteiger partial charge in [-0.3, -0.25) is 40.9 Å². The van der Waals surface area contributed by atoms with E-state index in [0.717, 1.165) is 5.56 Å². The molecule has 2 atom stereocenters. The van der Waals surface area contributed by atoms with Gasteiger partial charge in [0.25, 0.3) is 5.91 Å². The molecule has 0 spiro atoms. The molecule has 6 rings (SSSR count). The Morgan fingerprint density at radius 2 is 1.15 bits per heavy atom. The molecule has 2 fully saturated rings. The largest absolute Gasteiger partial charge is 0.508 e. The van der Waals surface area contributed by atoms with E-state index >= 15 is 4.79 Å². The van der Waals surface area contributed by atoms with Crippen LogP contribution >= 0.6 is 23.2 Å². The standard InChI is InChI=1S/C50H67Cl2N7O23/c1-33-27-41(51)45(42(52)28-33)74-21-20-73-39-7-3-35(4-8-39)40-29-38-31-54(48(61)76-17-11-70-14-24-80-57(64)65)32-43(56(38)49(62)77-18-12-71-15-25-81-58(66)67)44(40)47(60)55(37-5-6-37)30-36-9-10-53-46(34(36)2)75-22-23-79-50(63)78-19-13-72-16-26-82-59(68)69/h3-4,7-10,27-28,37-38,43,64-69H,5-6,11-26,29-32H2,1-2H3. The van der Waals surface area contributed by atoms with Gasteiger partial charge in [-0.2, -0.15) is 0 Å². The summed E-state index contributed by atoms with van der Waals surface area (Å²) >= 11 is 12.7. The van der Waals surface area contributed by atoms with Crippen molar-refractivity contribution in [1.82, 2.24) is 35.9 Å². The number of amides is 3. The van der Waals surface area contributed by atoms with Crippen molar-refractivity contribution in [2.24, 2.45) is 0 Å². The third-order valence-electron chi connectivity index (χ3n) is 12.4. The van der Waals surface area contributed by atoms with E-state index in [2.05, 4.69) is 19.5 Å². The fourth-order valence-electron chi connectivity index (χ4n) is 8.59. The van der Waals surface area contributed by atoms with Crippen molar-refractivity contribution >= 4 is 53.0 Å². The summed E-state index contributed by atoms with van der Waals surface area (Å²) in [5, 5.41) is 51.6. The maximum Gasteiger partial charge on any atom is 0.508 e. The predicted molar refractivity (Wildman–Crippen MR) is 276 cm³/mol. The molecule has 6 N–H and O–H groups in total. The molecule has 3 heterocycles. The number of benzene rings is 2. The summed E-state index contributed by atoms with van der Waals surface area (Å²) in [6.07, 6.45) is 0.421. The minimum absolute atomic E-state index is 0.00589. The van der Waals surface area contributed by atoms with Crippen LogP contribution in [-0.4, -0.2) is 228 Å². The van der Waals surface area contributed by atoms with Crippen molar-refractivity contribution in [2.45, 2.75) is 57.8 Å². The summed E-state index contributed by atoms with van der Waals surface area (Å²) in [5.41, 5.74) is 3.62. The molecule has 82 heavy (non-hydrogen) atoms. The Kier molecular flexibility index (Phi) is 27.0. The summed E-state index contributed by atoms with van der Waals surface area (Å²) in [6.45, 7) is 1.95. The normalized spacial score (nSPS) is 16.0. The van der Waals surface area contributed by atoms with Gasteiger partial charge in [0.2, 0.25) is 5.88 Å². The number of aromatic nitrogens is 1. The highest BCUT2D eigenvalue weighted by Gasteiger charge is 2.50. The number of piperazine rings is 1. The number of nitrogens with zero attached hydrogens (tertiary/aromatic N) is 7. The van der Waals surface area contributed by atoms with Crippen molar-refractivity contribution < 1.29 is 112 Å². The fraction of sp³-hybridized carbons (Fsp3) is 0.540. The van der Waals surface area contributed by atoms with E-state index in [-0.39, 0.29) is 149 Å². The molecule has 1 aromatic heterocycles. The molecule has 1 saturated carbocycles. The van der Waals surface area contributed by atoms with Crippen LogP contribution in [0, 0.1) is 13.8 Å². The van der Waals surface area contributed by atoms with Crippen LogP contribution in [0.2, 0.25) is 10.0 Å². The first-order valence-corrected chi connectivity index (χ1v) is 26.5. The van der Waals surface area contributed by atoms with Crippen molar-refractivity contribution in [2.75, 3.05) is 119 Å². The lowest BCUT2D eigenvalue weighted by molar-refractivity contribution is -0.493. The second kappa shape index (κ2) is 33.9. The van der Waals surface area contributed by atoms with Crippen LogP contribution in [0.4, 0.5) is 14.4 Å². The molecule has 2 bridgehead atoms. The van der Waals surface area contributed by atoms with Crippen molar-refractivity contribution in [3.05, 3.63) is 86.5 Å². The lowest BCUT2D eigenvalue weighted by Crippen LogP contribution is -2.65. The Morgan fingerprint density at radius 3 is 1.72 bits per heavy atom. The van der Waals surface area contributed by atoms with E-state index < -0.39 is 52.5 Å². The number of rotatable bonds is 35. The van der Waals surface area contributed by atoms with Crippen molar-refractivity contribution in [3.63, 3.8) is 0 Å². The average molecular weight is 1210 g/mol. The second-order valence-corrected chi connectivity index (χ2v) is 18.9. The Bertz CT molecular complexity index is 2530. The SMILES string of the molecule is Cc1cc(Cl)c(OCCOc2ccc(C3=C(C(=O)N(Cc4ccnc(OCCOC(=O)OCCOCCON(O)O)c4C)C4CC4)C4CN(C(=O)OCCOCCON(O)O)CC(C3)N4C(=O)OCCOCCON(O)O)cc2)c(Cl)c1. The summed E-state index contributed by atoms with van der Waals surface area (Å²) in [7, 11) is 0. The average Bonchev–Trinajstić information content (AvgIpc) is 2.90. The lowest BCUT2D eigenvalue weighted by Gasteiger charge is -2.50. The molecule has 1 saturated heterocycles. The molecular weight excluding hydrogens is 1140 g/mol. The van der Waals surface area contributed by atoms with Gasteiger partial charge in [-0.1, -0.05) is 35.3 Å². The molecule has 3 amide bonds. The lowest BCUT2D eigenvalue weighted by atomic mass is 9.81. The maximum absolute atomic E-state index is 15.7. The number of fused-ring (bicyclic) bond motifs is 2. The van der Waals surface area contributed by atoms with Gasteiger partial charge in [-0.05, 0) is 85.7 Å². The van der Waals surface area contributed by atoms with Crippen LogP contribution in [0.3, 0.4) is 0 Å². The minimum Gasteiger partial charge on any atom is -0.490 e. The summed E-state index contributed by atoms with van der Waals surface area (Å²) < 4.78 is 55.1. The Hall–Kier alpha value is -6.01. The van der Waals surface area contributed by atoms with Crippen LogP contribution in [0.5, 0.6) is 17.4 Å². The van der Waals surface area contributed by atoms with Gasteiger partial charge in [0.15, 0.2) is 5.75 Å². The fourth-order valence-corrected chi connectivity index (χ4v) is 9.30. The molecule has 30 nitrogen and oxygen atoms in total. The van der Waals surface area contributed by atoms with Crippen molar-refractivity contribution in [3.8, 4) is 17.4 Å². The molecule has 454 valence electrons. The number of pyridine rings is 1. The Morgan fingerprint density at radius 1 is 0.622 bits per heavy atom. The number of aryl methyl sites for hydroxylation is 1. The van der Waals surface area contributed by atoms with Crippen LogP contribution < -0.4 is 14.2 Å². The smallest absolute Gasteiger partial charge is 0.490 e. The highest BCUT2D eigenvalue weighted by atomic mass is 35.5. The highest BCUT2D eigenvalue weighted by Crippen LogP contribution is 2.42. The number of carbonyl (C=O) groups excluding carboxylic acids is 4. The van der Waals surface area contributed by atoms with E-state index in [0.29, 0.717) is 56.6 Å². The first kappa shape index (κ1) is 65.1. The zero-order chi connectivity index (χ0) is 59.0. The van der Waals surface area contributed by atoms with Gasteiger partial charge in [-0.25, -0.2) is 33.9 Å². The maximum atomic E-state index is 15.7. The Labute approximate surface area is 480 Å². The quantitative estimate of drug-likeness (QED) is 0.0194. The van der Waals surface area contributed by atoms with Gasteiger partial charge in [-0.15, -0.1) is 0 Å². The zero-order valence-corrected chi connectivity index (χ0v) is 46.4. The minimum atomic E-state index is -1.09. The monoisotopic (exact) mass is 1200 g/mol. The Balaban J connectivity index is 1.23. The predicted octanol–water partition coefficient (Wildman–Crippen LogP) is 5.06. The summed E-state index contributed by atoms with van der Waals surface area (Å²) in [5.74, 6) is 0.612. The first-order chi connectivity index (χ1) is 39.5. The first-order valence-electron chi connectivity index (χ1n) is 25.8. The molecule has 2 aromatic carbocycles. The third kappa shape index (κ3) is 21.0. The summed E-state index contributed by atoms with van der Waals surface area (Å²) in [4.78, 5) is 78.4. The molecule has 3 aromatic rings. The zero-order valence-electron chi connectivity index (χ0n) is 44.9. The molecular formula is C50H67Cl2N7O23. The van der Waals surface area contributed by atoms with E-state index in [9.17, 15) is 14.4 Å². The van der Waals surface area contributed by atoms with Gasteiger partial charge in [0.05, 0.1) is 97.8 Å². The van der Waals surface area contributed by atoms with Crippen LogP contribution in [0.15, 0.2) is 54.2 Å². The van der Waals surface area contributed by atoms with E-state index in [1.165, 1.54) is 16.0 Å². The number of carbonyl (C=O) groups is 4. The van der Waals surface area contributed by atoms with Gasteiger partial charge < -0.3 is 57.2 Å². The second-order valence-electron chi connectivity index (χ2n) is 18.0.